The van der Waals surface area contributed by atoms with Gasteiger partial charge in [0.05, 0.1) is 17.0 Å². The number of nitrogens with one attached hydrogen (secondary N) is 1. The number of carbonyl (C=O) groups is 2. The minimum atomic E-state index is -0.519. The summed E-state index contributed by atoms with van der Waals surface area (Å²) in [6, 6.07) is 6.57. The summed E-state index contributed by atoms with van der Waals surface area (Å²) in [5, 5.41) is 2.76. The fourth-order valence-electron chi connectivity index (χ4n) is 2.23. The highest BCUT2D eigenvalue weighted by Crippen LogP contribution is 2.39. The predicted molar refractivity (Wildman–Crippen MR) is 108 cm³/mol. The quantitative estimate of drug-likeness (QED) is 0.648. The van der Waals surface area contributed by atoms with Crippen LogP contribution in [0, 0.1) is 0 Å². The molecule has 0 aliphatic rings. The van der Waals surface area contributed by atoms with Crippen molar-refractivity contribution in [1.82, 2.24) is 10.2 Å². The van der Waals surface area contributed by atoms with E-state index in [-0.39, 0.29) is 18.1 Å². The number of likely N-dealkylation sites (N-methyl/N-ethyl adjacent to an activating group) is 1. The Morgan fingerprint density at radius 3 is 2.52 bits per heavy atom. The van der Waals surface area contributed by atoms with Gasteiger partial charge in [-0.05, 0) is 43.9 Å². The van der Waals surface area contributed by atoms with E-state index in [9.17, 15) is 9.59 Å². The molecular formula is C18H20Cl2N2O4S. The second kappa shape index (κ2) is 9.94. The minimum Gasteiger partial charge on any atom is -0.484 e. The highest BCUT2D eigenvalue weighted by atomic mass is 35.5. The Bertz CT molecular complexity index is 824. The monoisotopic (exact) mass is 430 g/mol. The van der Waals surface area contributed by atoms with E-state index in [0.29, 0.717) is 32.1 Å². The molecule has 1 aromatic heterocycles. The number of amides is 1. The Labute approximate surface area is 172 Å². The van der Waals surface area contributed by atoms with Crippen molar-refractivity contribution in [3.05, 3.63) is 38.5 Å². The summed E-state index contributed by atoms with van der Waals surface area (Å²) in [4.78, 5) is 25.8. The molecule has 0 atom stereocenters. The molecule has 1 N–H and O–H groups in total. The van der Waals surface area contributed by atoms with E-state index in [1.807, 2.05) is 19.0 Å². The molecule has 6 nitrogen and oxygen atoms in total. The number of nitrogens with zero attached hydrogens (tertiary/aromatic N) is 1. The molecule has 0 spiro atoms. The predicted octanol–water partition coefficient (Wildman–Crippen LogP) is 3.57. The number of benzene rings is 1. The normalized spacial score (nSPS) is 10.7. The number of esters is 1. The highest BCUT2D eigenvalue weighted by Gasteiger charge is 2.15. The first-order valence-corrected chi connectivity index (χ1v) is 9.60. The second-order valence-electron chi connectivity index (χ2n) is 5.92. The van der Waals surface area contributed by atoms with Crippen molar-refractivity contribution in [2.45, 2.75) is 0 Å². The zero-order valence-electron chi connectivity index (χ0n) is 15.2. The molecule has 0 unspecified atom stereocenters. The molecule has 0 radical (unpaired) electrons. The van der Waals surface area contributed by atoms with Crippen LogP contribution in [0.25, 0.3) is 11.1 Å². The summed E-state index contributed by atoms with van der Waals surface area (Å²) >= 11 is 13.5. The summed E-state index contributed by atoms with van der Waals surface area (Å²) in [5.41, 5.74) is 1.61. The Hall–Kier alpha value is -1.80. The average Bonchev–Trinajstić information content (AvgIpc) is 2.97. The summed E-state index contributed by atoms with van der Waals surface area (Å²) in [7, 11) is 5.14. The van der Waals surface area contributed by atoms with Crippen molar-refractivity contribution in [3.8, 4) is 16.9 Å². The van der Waals surface area contributed by atoms with E-state index in [4.69, 9.17) is 32.7 Å². The molecule has 9 heteroatoms. The standard InChI is InChI=1S/C18H20Cl2N2O4S/c1-22(2)5-4-21-16(23)10-26-13-7-11(6-12(8-13)18(24)25-3)14-9-15(19)27-17(14)20/h6-9H,4-5,10H2,1-3H3,(H,21,23). The first-order chi connectivity index (χ1) is 12.8. The van der Waals surface area contributed by atoms with Gasteiger partial charge in [-0.15, -0.1) is 11.3 Å². The van der Waals surface area contributed by atoms with Gasteiger partial charge < -0.3 is 19.7 Å². The molecule has 2 rings (SSSR count). The molecule has 2 aromatic rings. The number of carbonyl (C=O) groups excluding carboxylic acids is 2. The molecule has 0 bridgehead atoms. The lowest BCUT2D eigenvalue weighted by Crippen LogP contribution is -2.34. The highest BCUT2D eigenvalue weighted by molar-refractivity contribution is 7.20. The van der Waals surface area contributed by atoms with Gasteiger partial charge in [0.1, 0.15) is 10.1 Å². The topological polar surface area (TPSA) is 67.9 Å². The number of halogens is 2. The number of rotatable bonds is 8. The smallest absolute Gasteiger partial charge is 0.338 e. The third-order valence-electron chi connectivity index (χ3n) is 3.55. The first-order valence-electron chi connectivity index (χ1n) is 8.03. The lowest BCUT2D eigenvalue weighted by molar-refractivity contribution is -0.123. The van der Waals surface area contributed by atoms with Gasteiger partial charge in [-0.3, -0.25) is 4.79 Å². The van der Waals surface area contributed by atoms with E-state index in [0.717, 1.165) is 6.54 Å². The van der Waals surface area contributed by atoms with Crippen LogP contribution in [0.1, 0.15) is 10.4 Å². The van der Waals surface area contributed by atoms with E-state index in [1.165, 1.54) is 24.5 Å². The summed E-state index contributed by atoms with van der Waals surface area (Å²) in [5.74, 6) is -0.415. The van der Waals surface area contributed by atoms with Crippen molar-refractivity contribution >= 4 is 46.4 Å². The zero-order valence-corrected chi connectivity index (χ0v) is 17.5. The Morgan fingerprint density at radius 1 is 1.19 bits per heavy atom. The number of methoxy groups -OCH3 is 1. The molecule has 146 valence electrons. The van der Waals surface area contributed by atoms with Gasteiger partial charge in [-0.25, -0.2) is 4.79 Å². The van der Waals surface area contributed by atoms with Crippen LogP contribution in [0.3, 0.4) is 0 Å². The summed E-state index contributed by atoms with van der Waals surface area (Å²) in [6.07, 6.45) is 0. The molecule has 1 aromatic carbocycles. The van der Waals surface area contributed by atoms with Gasteiger partial charge in [-0.1, -0.05) is 23.2 Å². The molecule has 1 heterocycles. The van der Waals surface area contributed by atoms with Crippen molar-refractivity contribution < 1.29 is 19.1 Å². The van der Waals surface area contributed by atoms with Crippen molar-refractivity contribution in [1.29, 1.82) is 0 Å². The van der Waals surface area contributed by atoms with Crippen LogP contribution in [0.2, 0.25) is 8.67 Å². The van der Waals surface area contributed by atoms with E-state index in [1.54, 1.807) is 18.2 Å². The Balaban J connectivity index is 2.18. The van der Waals surface area contributed by atoms with E-state index in [2.05, 4.69) is 5.32 Å². The maximum absolute atomic E-state index is 12.0. The lowest BCUT2D eigenvalue weighted by Gasteiger charge is -2.12. The van der Waals surface area contributed by atoms with Gasteiger partial charge in [-0.2, -0.15) is 0 Å². The minimum absolute atomic E-state index is 0.171. The Kier molecular flexibility index (Phi) is 7.91. The van der Waals surface area contributed by atoms with Gasteiger partial charge in [0, 0.05) is 18.7 Å². The van der Waals surface area contributed by atoms with E-state index < -0.39 is 5.97 Å². The van der Waals surface area contributed by atoms with Crippen LogP contribution in [0.5, 0.6) is 5.75 Å². The van der Waals surface area contributed by atoms with Crippen LogP contribution < -0.4 is 10.1 Å². The summed E-state index contributed by atoms with van der Waals surface area (Å²) < 4.78 is 11.4. The fourth-order valence-corrected chi connectivity index (χ4v) is 3.74. The molecule has 1 amide bonds. The molecule has 0 saturated carbocycles. The molecule has 0 aliphatic heterocycles. The van der Waals surface area contributed by atoms with Crippen LogP contribution in [-0.2, 0) is 9.53 Å². The second-order valence-corrected chi connectivity index (χ2v) is 8.20. The molecular weight excluding hydrogens is 411 g/mol. The number of thiophene rings is 1. The number of hydrogen-bond donors (Lipinski definition) is 1. The molecule has 0 fully saturated rings. The van der Waals surface area contributed by atoms with Gasteiger partial charge in [0.25, 0.3) is 5.91 Å². The van der Waals surface area contributed by atoms with E-state index >= 15 is 0 Å². The Morgan fingerprint density at radius 2 is 1.93 bits per heavy atom. The lowest BCUT2D eigenvalue weighted by atomic mass is 10.1. The number of ether oxygens (including phenoxy) is 2. The van der Waals surface area contributed by atoms with Gasteiger partial charge >= 0.3 is 5.97 Å². The SMILES string of the molecule is COC(=O)c1cc(OCC(=O)NCCN(C)C)cc(-c2cc(Cl)sc2Cl)c1. The van der Waals surface area contributed by atoms with Gasteiger partial charge in [0.2, 0.25) is 0 Å². The third kappa shape index (κ3) is 6.39. The fraction of sp³-hybridized carbons (Fsp3) is 0.333. The maximum Gasteiger partial charge on any atom is 0.338 e. The van der Waals surface area contributed by atoms with Crippen molar-refractivity contribution in [2.75, 3.05) is 40.9 Å². The van der Waals surface area contributed by atoms with Crippen LogP contribution >= 0.6 is 34.5 Å². The van der Waals surface area contributed by atoms with Crippen LogP contribution in [0.15, 0.2) is 24.3 Å². The zero-order chi connectivity index (χ0) is 20.0. The van der Waals surface area contributed by atoms with Crippen LogP contribution in [0.4, 0.5) is 0 Å². The largest absolute Gasteiger partial charge is 0.484 e. The van der Waals surface area contributed by atoms with Crippen molar-refractivity contribution in [3.63, 3.8) is 0 Å². The van der Waals surface area contributed by atoms with Crippen LogP contribution in [-0.4, -0.2) is 57.7 Å². The third-order valence-corrected chi connectivity index (χ3v) is 5.03. The number of hydrogen-bond acceptors (Lipinski definition) is 6. The molecule has 0 aliphatic carbocycles. The maximum atomic E-state index is 12.0. The molecule has 0 saturated heterocycles. The average molecular weight is 431 g/mol. The summed E-state index contributed by atoms with van der Waals surface area (Å²) in [6.45, 7) is 1.08. The first kappa shape index (κ1) is 21.5. The van der Waals surface area contributed by atoms with Gasteiger partial charge in [0.15, 0.2) is 6.61 Å². The van der Waals surface area contributed by atoms with Crippen molar-refractivity contribution in [2.24, 2.45) is 0 Å². The molecule has 27 heavy (non-hydrogen) atoms.